The van der Waals surface area contributed by atoms with Crippen LogP contribution in [0.1, 0.15) is 24.4 Å². The molecule has 2 amide bonds. The van der Waals surface area contributed by atoms with E-state index in [1.807, 2.05) is 24.3 Å². The zero-order valence-electron chi connectivity index (χ0n) is 16.0. The number of urea groups is 1. The SMILES string of the molecule is O=C(N[C@@H](c1ccc(Cl)cc1)C1CC1)N1CCN(S(=O)(=O)c2ccccc2)CC1. The average molecular weight is 434 g/mol. The van der Waals surface area contributed by atoms with Crippen LogP contribution in [0.2, 0.25) is 5.02 Å². The molecule has 2 fully saturated rings. The van der Waals surface area contributed by atoms with E-state index >= 15 is 0 Å². The molecule has 0 spiro atoms. The van der Waals surface area contributed by atoms with Gasteiger partial charge in [-0.05, 0) is 48.6 Å². The van der Waals surface area contributed by atoms with E-state index in [1.165, 1.54) is 4.31 Å². The Balaban J connectivity index is 1.38. The monoisotopic (exact) mass is 433 g/mol. The summed E-state index contributed by atoms with van der Waals surface area (Å²) in [5, 5.41) is 3.82. The number of halogens is 1. The van der Waals surface area contributed by atoms with Gasteiger partial charge in [-0.3, -0.25) is 0 Å². The molecule has 154 valence electrons. The Bertz CT molecular complexity index is 954. The third-order valence-corrected chi connectivity index (χ3v) is 7.67. The summed E-state index contributed by atoms with van der Waals surface area (Å²) >= 11 is 5.98. The van der Waals surface area contributed by atoms with Gasteiger partial charge in [0.15, 0.2) is 0 Å². The number of nitrogens with one attached hydrogen (secondary N) is 1. The first kappa shape index (κ1) is 20.2. The lowest BCUT2D eigenvalue weighted by Gasteiger charge is -2.35. The van der Waals surface area contributed by atoms with Gasteiger partial charge < -0.3 is 10.2 Å². The lowest BCUT2D eigenvalue weighted by atomic mass is 10.0. The second-order valence-electron chi connectivity index (χ2n) is 7.52. The van der Waals surface area contributed by atoms with E-state index in [0.717, 1.165) is 18.4 Å². The molecule has 4 rings (SSSR count). The first-order chi connectivity index (χ1) is 13.9. The van der Waals surface area contributed by atoms with Crippen molar-refractivity contribution in [1.29, 1.82) is 0 Å². The summed E-state index contributed by atoms with van der Waals surface area (Å²) in [7, 11) is -3.52. The summed E-state index contributed by atoms with van der Waals surface area (Å²) in [6.45, 7) is 1.32. The van der Waals surface area contributed by atoms with Gasteiger partial charge in [-0.25, -0.2) is 13.2 Å². The Labute approximate surface area is 176 Å². The van der Waals surface area contributed by atoms with Crippen LogP contribution in [-0.2, 0) is 10.0 Å². The summed E-state index contributed by atoms with van der Waals surface area (Å²) in [6.07, 6.45) is 2.19. The van der Waals surface area contributed by atoms with Crippen LogP contribution in [0.25, 0.3) is 0 Å². The van der Waals surface area contributed by atoms with Crippen LogP contribution >= 0.6 is 11.6 Å². The molecule has 2 aromatic carbocycles. The van der Waals surface area contributed by atoms with E-state index < -0.39 is 10.0 Å². The van der Waals surface area contributed by atoms with Crippen LogP contribution in [-0.4, -0.2) is 49.8 Å². The predicted molar refractivity (Wildman–Crippen MR) is 112 cm³/mol. The quantitative estimate of drug-likeness (QED) is 0.784. The molecule has 0 bridgehead atoms. The fourth-order valence-electron chi connectivity index (χ4n) is 3.67. The molecule has 1 saturated carbocycles. The topological polar surface area (TPSA) is 69.7 Å². The van der Waals surface area contributed by atoms with Gasteiger partial charge in [0.2, 0.25) is 10.0 Å². The maximum atomic E-state index is 12.8. The van der Waals surface area contributed by atoms with Crippen molar-refractivity contribution in [2.24, 2.45) is 5.92 Å². The molecule has 1 heterocycles. The molecule has 1 aliphatic carbocycles. The lowest BCUT2D eigenvalue weighted by molar-refractivity contribution is 0.167. The number of rotatable bonds is 5. The zero-order valence-corrected chi connectivity index (χ0v) is 17.6. The highest BCUT2D eigenvalue weighted by molar-refractivity contribution is 7.89. The van der Waals surface area contributed by atoms with Crippen LogP contribution in [0, 0.1) is 5.92 Å². The minimum absolute atomic E-state index is 0.0363. The van der Waals surface area contributed by atoms with Gasteiger partial charge in [0.05, 0.1) is 10.9 Å². The van der Waals surface area contributed by atoms with Gasteiger partial charge in [-0.15, -0.1) is 0 Å². The second kappa shape index (κ2) is 8.34. The molecular formula is C21H24ClN3O3S. The van der Waals surface area contributed by atoms with Crippen LogP contribution in [0.15, 0.2) is 59.5 Å². The van der Waals surface area contributed by atoms with Crippen molar-refractivity contribution in [3.8, 4) is 0 Å². The summed E-state index contributed by atoms with van der Waals surface area (Å²) in [4.78, 5) is 14.8. The zero-order chi connectivity index (χ0) is 20.4. The van der Waals surface area contributed by atoms with Crippen molar-refractivity contribution in [1.82, 2.24) is 14.5 Å². The molecule has 6 nitrogen and oxygen atoms in total. The fourth-order valence-corrected chi connectivity index (χ4v) is 5.24. The number of carbonyl (C=O) groups excluding carboxylic acids is 1. The Morgan fingerprint density at radius 1 is 0.966 bits per heavy atom. The molecule has 0 unspecified atom stereocenters. The highest BCUT2D eigenvalue weighted by Crippen LogP contribution is 2.41. The van der Waals surface area contributed by atoms with Crippen molar-refractivity contribution >= 4 is 27.7 Å². The molecule has 2 aliphatic rings. The Hall–Kier alpha value is -2.09. The highest BCUT2D eigenvalue weighted by Gasteiger charge is 2.35. The minimum atomic E-state index is -3.52. The van der Waals surface area contributed by atoms with Crippen molar-refractivity contribution in [2.45, 2.75) is 23.8 Å². The summed E-state index contributed by atoms with van der Waals surface area (Å²) in [6, 6.07) is 15.8. The molecule has 0 radical (unpaired) electrons. The van der Waals surface area contributed by atoms with Gasteiger partial charge in [0.1, 0.15) is 0 Å². The standard InChI is InChI=1S/C21H24ClN3O3S/c22-18-10-8-17(9-11-18)20(16-6-7-16)23-21(26)24-12-14-25(15-13-24)29(27,28)19-4-2-1-3-5-19/h1-5,8-11,16,20H,6-7,12-15H2,(H,23,26)/t20-/m1/s1. The number of nitrogens with zero attached hydrogens (tertiary/aromatic N) is 2. The number of hydrogen-bond acceptors (Lipinski definition) is 3. The molecular weight excluding hydrogens is 410 g/mol. The average Bonchev–Trinajstić information content (AvgIpc) is 3.58. The van der Waals surface area contributed by atoms with E-state index in [-0.39, 0.29) is 17.0 Å². The Morgan fingerprint density at radius 2 is 1.59 bits per heavy atom. The van der Waals surface area contributed by atoms with E-state index in [2.05, 4.69) is 5.32 Å². The molecule has 1 aliphatic heterocycles. The van der Waals surface area contributed by atoms with Gasteiger partial charge in [0, 0.05) is 31.2 Å². The molecule has 1 atom stereocenters. The highest BCUT2D eigenvalue weighted by atomic mass is 35.5. The molecule has 2 aromatic rings. The van der Waals surface area contributed by atoms with E-state index in [4.69, 9.17) is 11.6 Å². The van der Waals surface area contributed by atoms with Crippen molar-refractivity contribution < 1.29 is 13.2 Å². The maximum absolute atomic E-state index is 12.8. The largest absolute Gasteiger partial charge is 0.331 e. The van der Waals surface area contributed by atoms with Gasteiger partial charge in [-0.2, -0.15) is 4.31 Å². The second-order valence-corrected chi connectivity index (χ2v) is 9.89. The van der Waals surface area contributed by atoms with Crippen LogP contribution < -0.4 is 5.32 Å². The minimum Gasteiger partial charge on any atom is -0.331 e. The summed E-state index contributed by atoms with van der Waals surface area (Å²) < 4.78 is 26.9. The maximum Gasteiger partial charge on any atom is 0.317 e. The molecule has 29 heavy (non-hydrogen) atoms. The predicted octanol–water partition coefficient (Wildman–Crippen LogP) is 3.51. The number of carbonyl (C=O) groups is 1. The normalized spacial score (nSPS) is 19.0. The third kappa shape index (κ3) is 4.57. The van der Waals surface area contributed by atoms with Gasteiger partial charge >= 0.3 is 6.03 Å². The van der Waals surface area contributed by atoms with Crippen molar-refractivity contribution in [3.63, 3.8) is 0 Å². The number of sulfonamides is 1. The number of piperazine rings is 1. The van der Waals surface area contributed by atoms with Crippen molar-refractivity contribution in [3.05, 3.63) is 65.2 Å². The van der Waals surface area contributed by atoms with Crippen molar-refractivity contribution in [2.75, 3.05) is 26.2 Å². The summed E-state index contributed by atoms with van der Waals surface area (Å²) in [5.74, 6) is 0.444. The number of hydrogen-bond donors (Lipinski definition) is 1. The van der Waals surface area contributed by atoms with Gasteiger partial charge in [-0.1, -0.05) is 41.9 Å². The van der Waals surface area contributed by atoms with Crippen LogP contribution in [0.4, 0.5) is 4.79 Å². The lowest BCUT2D eigenvalue weighted by Crippen LogP contribution is -2.53. The molecule has 1 saturated heterocycles. The first-order valence-electron chi connectivity index (χ1n) is 9.81. The summed E-state index contributed by atoms with van der Waals surface area (Å²) in [5.41, 5.74) is 1.05. The molecule has 0 aromatic heterocycles. The number of amides is 2. The Kier molecular flexibility index (Phi) is 5.81. The number of benzene rings is 2. The molecule has 8 heteroatoms. The van der Waals surface area contributed by atoms with Gasteiger partial charge in [0.25, 0.3) is 0 Å². The van der Waals surface area contributed by atoms with E-state index in [1.54, 1.807) is 35.2 Å². The molecule has 1 N–H and O–H groups in total. The van der Waals surface area contributed by atoms with Crippen LogP contribution in [0.5, 0.6) is 0 Å². The smallest absolute Gasteiger partial charge is 0.317 e. The fraction of sp³-hybridized carbons (Fsp3) is 0.381. The van der Waals surface area contributed by atoms with E-state index in [0.29, 0.717) is 37.1 Å². The Morgan fingerprint density at radius 3 is 2.17 bits per heavy atom. The van der Waals surface area contributed by atoms with E-state index in [9.17, 15) is 13.2 Å². The third-order valence-electron chi connectivity index (χ3n) is 5.51. The first-order valence-corrected chi connectivity index (χ1v) is 11.6. The van der Waals surface area contributed by atoms with Crippen LogP contribution in [0.3, 0.4) is 0 Å².